The minimum absolute atomic E-state index is 0.209. The lowest BCUT2D eigenvalue weighted by molar-refractivity contribution is -0.428. The maximum absolute atomic E-state index is 10.3. The van der Waals surface area contributed by atoms with E-state index in [2.05, 4.69) is 0 Å². The van der Waals surface area contributed by atoms with E-state index in [4.69, 9.17) is 11.6 Å². The van der Waals surface area contributed by atoms with Crippen molar-refractivity contribution in [3.63, 3.8) is 0 Å². The third-order valence-electron chi connectivity index (χ3n) is 1.69. The third kappa shape index (κ3) is 1.80. The lowest BCUT2D eigenvalue weighted by Crippen LogP contribution is -2.03. The van der Waals surface area contributed by atoms with Crippen LogP contribution in [0.2, 0.25) is 0 Å². The number of hydrogen-bond donors (Lipinski definition) is 0. The van der Waals surface area contributed by atoms with E-state index in [1.54, 1.807) is 0 Å². The Kier molecular flexibility index (Phi) is 2.29. The fraction of sp³-hybridized carbons (Fsp3) is 0.429. The first kappa shape index (κ1) is 8.27. The van der Waals surface area contributed by atoms with Crippen LogP contribution in [0.4, 0.5) is 0 Å². The molecule has 4 heteroatoms. The topological polar surface area (TPSA) is 43.1 Å². The maximum atomic E-state index is 10.3. The smallest absolute Gasteiger partial charge is 0.248 e. The fourth-order valence-corrected chi connectivity index (χ4v) is 1.14. The lowest BCUT2D eigenvalue weighted by Gasteiger charge is -2.07. The second kappa shape index (κ2) is 3.05. The van der Waals surface area contributed by atoms with Gasteiger partial charge in [-0.2, -0.15) is 0 Å². The normalized spacial score (nSPS) is 18.2. The second-order valence-electron chi connectivity index (χ2n) is 2.52. The van der Waals surface area contributed by atoms with Gasteiger partial charge in [0.05, 0.1) is 4.92 Å². The summed E-state index contributed by atoms with van der Waals surface area (Å²) in [4.78, 5) is 9.88. The number of rotatable bonds is 1. The minimum atomic E-state index is -0.380. The van der Waals surface area contributed by atoms with Crippen LogP contribution < -0.4 is 0 Å². The largest absolute Gasteiger partial charge is 0.259 e. The van der Waals surface area contributed by atoms with E-state index in [-0.39, 0.29) is 10.6 Å². The molecule has 0 aromatic heterocycles. The zero-order chi connectivity index (χ0) is 8.43. The zero-order valence-corrected chi connectivity index (χ0v) is 6.89. The molecule has 0 saturated carbocycles. The molecule has 0 spiro atoms. The van der Waals surface area contributed by atoms with Crippen molar-refractivity contribution in [2.75, 3.05) is 0 Å². The number of hydrogen-bond acceptors (Lipinski definition) is 2. The Morgan fingerprint density at radius 3 is 2.73 bits per heavy atom. The quantitative estimate of drug-likeness (QED) is 0.452. The molecule has 0 fully saturated rings. The van der Waals surface area contributed by atoms with Crippen LogP contribution in [0.5, 0.6) is 0 Å². The first-order valence-corrected chi connectivity index (χ1v) is 3.69. The average molecular weight is 174 g/mol. The van der Waals surface area contributed by atoms with Crippen molar-refractivity contribution in [2.45, 2.75) is 19.8 Å². The molecule has 0 unspecified atom stereocenters. The number of halogens is 1. The molecule has 0 bridgehead atoms. The fourth-order valence-electron chi connectivity index (χ4n) is 0.921. The van der Waals surface area contributed by atoms with Gasteiger partial charge in [-0.05, 0) is 13.3 Å². The SMILES string of the molecule is CC1=C(Cl)C=C([N+](=O)[O-])CC1. The molecule has 0 amide bonds. The van der Waals surface area contributed by atoms with Gasteiger partial charge in [-0.1, -0.05) is 17.2 Å². The Labute approximate surface area is 69.5 Å². The molecule has 0 N–H and O–H groups in total. The van der Waals surface area contributed by atoms with E-state index in [1.165, 1.54) is 6.08 Å². The van der Waals surface area contributed by atoms with Gasteiger partial charge in [0.25, 0.3) is 0 Å². The molecule has 0 atom stereocenters. The van der Waals surface area contributed by atoms with Crippen LogP contribution in [0.1, 0.15) is 19.8 Å². The van der Waals surface area contributed by atoms with E-state index >= 15 is 0 Å². The summed E-state index contributed by atoms with van der Waals surface area (Å²) in [5.74, 6) is 0. The number of nitrogens with zero attached hydrogens (tertiary/aromatic N) is 1. The highest BCUT2D eigenvalue weighted by Gasteiger charge is 2.16. The molecule has 1 aliphatic carbocycles. The van der Waals surface area contributed by atoms with Crippen molar-refractivity contribution >= 4 is 11.6 Å². The van der Waals surface area contributed by atoms with E-state index in [0.717, 1.165) is 5.57 Å². The Balaban J connectivity index is 2.89. The standard InChI is InChI=1S/C7H8ClNO2/c1-5-2-3-6(9(10)11)4-7(5)8/h4H,2-3H2,1H3. The summed E-state index contributed by atoms with van der Waals surface area (Å²) >= 11 is 5.70. The first-order valence-electron chi connectivity index (χ1n) is 3.31. The van der Waals surface area contributed by atoms with Gasteiger partial charge in [0.1, 0.15) is 0 Å². The highest BCUT2D eigenvalue weighted by Crippen LogP contribution is 2.25. The molecule has 11 heavy (non-hydrogen) atoms. The van der Waals surface area contributed by atoms with Gasteiger partial charge in [0.15, 0.2) is 0 Å². The van der Waals surface area contributed by atoms with E-state index in [1.807, 2.05) is 6.92 Å². The van der Waals surface area contributed by atoms with Crippen LogP contribution in [0.25, 0.3) is 0 Å². The van der Waals surface area contributed by atoms with Gasteiger partial charge in [-0.15, -0.1) is 0 Å². The summed E-state index contributed by atoms with van der Waals surface area (Å²) in [5, 5.41) is 10.8. The summed E-state index contributed by atoms with van der Waals surface area (Å²) in [6.07, 6.45) is 2.63. The number of allylic oxidation sites excluding steroid dienone is 4. The molecule has 0 saturated heterocycles. The first-order chi connectivity index (χ1) is 5.11. The molecule has 0 heterocycles. The molecule has 0 radical (unpaired) electrons. The van der Waals surface area contributed by atoms with Gasteiger partial charge in [0.2, 0.25) is 5.70 Å². The minimum Gasteiger partial charge on any atom is -0.259 e. The molecule has 0 aromatic rings. The van der Waals surface area contributed by atoms with Crippen LogP contribution in [0.15, 0.2) is 22.4 Å². The van der Waals surface area contributed by atoms with Crippen molar-refractivity contribution in [1.29, 1.82) is 0 Å². The van der Waals surface area contributed by atoms with Gasteiger partial charge in [-0.25, -0.2) is 0 Å². The predicted molar refractivity (Wildman–Crippen MR) is 42.9 cm³/mol. The van der Waals surface area contributed by atoms with E-state index < -0.39 is 0 Å². The van der Waals surface area contributed by atoms with Gasteiger partial charge in [-0.3, -0.25) is 10.1 Å². The predicted octanol–water partition coefficient (Wildman–Crippen LogP) is 2.45. The molecule has 0 aliphatic heterocycles. The maximum Gasteiger partial charge on any atom is 0.248 e. The zero-order valence-electron chi connectivity index (χ0n) is 6.13. The Morgan fingerprint density at radius 2 is 2.27 bits per heavy atom. The van der Waals surface area contributed by atoms with Crippen molar-refractivity contribution in [1.82, 2.24) is 0 Å². The van der Waals surface area contributed by atoms with Crippen molar-refractivity contribution < 1.29 is 4.92 Å². The van der Waals surface area contributed by atoms with Gasteiger partial charge >= 0.3 is 0 Å². The number of nitro groups is 1. The van der Waals surface area contributed by atoms with Crippen molar-refractivity contribution in [2.24, 2.45) is 0 Å². The Bertz CT molecular complexity index is 255. The van der Waals surface area contributed by atoms with Crippen molar-refractivity contribution in [3.05, 3.63) is 32.5 Å². The van der Waals surface area contributed by atoms with Crippen LogP contribution in [0, 0.1) is 10.1 Å². The lowest BCUT2D eigenvalue weighted by atomic mass is 10.0. The van der Waals surface area contributed by atoms with Crippen molar-refractivity contribution in [3.8, 4) is 0 Å². The summed E-state index contributed by atoms with van der Waals surface area (Å²) in [7, 11) is 0. The van der Waals surface area contributed by atoms with Gasteiger partial charge < -0.3 is 0 Å². The summed E-state index contributed by atoms with van der Waals surface area (Å²) in [6.45, 7) is 1.88. The molecular weight excluding hydrogens is 166 g/mol. The van der Waals surface area contributed by atoms with Crippen LogP contribution in [-0.4, -0.2) is 4.92 Å². The Morgan fingerprint density at radius 1 is 1.64 bits per heavy atom. The Hall–Kier alpha value is -0.830. The van der Waals surface area contributed by atoms with E-state index in [9.17, 15) is 10.1 Å². The summed E-state index contributed by atoms with van der Waals surface area (Å²) in [6, 6.07) is 0. The molecule has 1 aliphatic rings. The summed E-state index contributed by atoms with van der Waals surface area (Å²) in [5.41, 5.74) is 1.23. The molecule has 1 rings (SSSR count). The summed E-state index contributed by atoms with van der Waals surface area (Å²) < 4.78 is 0. The molecule has 3 nitrogen and oxygen atoms in total. The van der Waals surface area contributed by atoms with E-state index in [0.29, 0.717) is 17.9 Å². The molecule has 60 valence electrons. The highest BCUT2D eigenvalue weighted by molar-refractivity contribution is 6.31. The second-order valence-corrected chi connectivity index (χ2v) is 2.93. The van der Waals surface area contributed by atoms with Crippen LogP contribution >= 0.6 is 11.6 Å². The van der Waals surface area contributed by atoms with Gasteiger partial charge in [0, 0.05) is 17.5 Å². The average Bonchev–Trinajstić information content (AvgIpc) is 1.94. The monoisotopic (exact) mass is 173 g/mol. The molecule has 0 aromatic carbocycles. The molecular formula is C7H8ClNO2. The third-order valence-corrected chi connectivity index (χ3v) is 2.12. The van der Waals surface area contributed by atoms with Crippen LogP contribution in [-0.2, 0) is 0 Å². The van der Waals surface area contributed by atoms with Crippen LogP contribution in [0.3, 0.4) is 0 Å². The highest BCUT2D eigenvalue weighted by atomic mass is 35.5.